The molecule has 0 aliphatic carbocycles. The lowest BCUT2D eigenvalue weighted by Crippen LogP contribution is -2.57. The number of nitrogens with one attached hydrogen (secondary N) is 1. The molecule has 4 aromatic rings. The number of aromatic nitrogens is 1. The zero-order valence-corrected chi connectivity index (χ0v) is 23.5. The number of anilines is 1. The van der Waals surface area contributed by atoms with E-state index in [9.17, 15) is 9.59 Å². The summed E-state index contributed by atoms with van der Waals surface area (Å²) < 4.78 is 24.2. The SMILES string of the molecule is C[C@H]1[C@@H](OC(=O)c2ccccc2)[C@H](OC(=O)c2ccccc2)C(OCCNc2ccnc3cc(Cl)ccc23)O[C@H]1C. The van der Waals surface area contributed by atoms with Gasteiger partial charge in [-0.1, -0.05) is 54.9 Å². The fraction of sp³-hybridized carbons (Fsp3) is 0.281. The Kier molecular flexibility index (Phi) is 9.14. The third-order valence-corrected chi connectivity index (χ3v) is 7.34. The van der Waals surface area contributed by atoms with Crippen LogP contribution >= 0.6 is 11.6 Å². The molecule has 1 aromatic heterocycles. The average molecular weight is 575 g/mol. The second-order valence-electron chi connectivity index (χ2n) is 9.86. The third kappa shape index (κ3) is 6.85. The highest BCUT2D eigenvalue weighted by Crippen LogP contribution is 2.32. The van der Waals surface area contributed by atoms with E-state index in [4.69, 9.17) is 30.5 Å². The van der Waals surface area contributed by atoms with Crippen LogP contribution in [0.25, 0.3) is 10.9 Å². The first kappa shape index (κ1) is 28.5. The molecule has 1 aliphatic rings. The smallest absolute Gasteiger partial charge is 0.338 e. The largest absolute Gasteiger partial charge is 0.454 e. The maximum Gasteiger partial charge on any atom is 0.338 e. The number of pyridine rings is 1. The van der Waals surface area contributed by atoms with Crippen LogP contribution < -0.4 is 5.32 Å². The maximum atomic E-state index is 13.1. The summed E-state index contributed by atoms with van der Waals surface area (Å²) in [7, 11) is 0. The highest BCUT2D eigenvalue weighted by atomic mass is 35.5. The van der Waals surface area contributed by atoms with Gasteiger partial charge in [0.15, 0.2) is 12.4 Å². The second-order valence-corrected chi connectivity index (χ2v) is 10.3. The van der Waals surface area contributed by atoms with E-state index < -0.39 is 30.4 Å². The lowest BCUT2D eigenvalue weighted by molar-refractivity contribution is -0.277. The van der Waals surface area contributed by atoms with Gasteiger partial charge in [0, 0.05) is 34.8 Å². The van der Waals surface area contributed by atoms with Crippen molar-refractivity contribution in [3.8, 4) is 0 Å². The van der Waals surface area contributed by atoms with Crippen LogP contribution in [0, 0.1) is 5.92 Å². The number of nitrogens with zero attached hydrogens (tertiary/aromatic N) is 1. The van der Waals surface area contributed by atoms with Gasteiger partial charge in [0.1, 0.15) is 6.10 Å². The quantitative estimate of drug-likeness (QED) is 0.188. The Labute approximate surface area is 243 Å². The first-order chi connectivity index (χ1) is 19.9. The van der Waals surface area contributed by atoms with Crippen molar-refractivity contribution >= 4 is 40.1 Å². The molecule has 0 radical (unpaired) electrons. The highest BCUT2D eigenvalue weighted by molar-refractivity contribution is 6.31. The van der Waals surface area contributed by atoms with Crippen LogP contribution in [0.2, 0.25) is 5.02 Å². The minimum Gasteiger partial charge on any atom is -0.454 e. The molecule has 2 heterocycles. The molecule has 0 amide bonds. The van der Waals surface area contributed by atoms with Crippen molar-refractivity contribution in [1.82, 2.24) is 4.98 Å². The van der Waals surface area contributed by atoms with Gasteiger partial charge in [-0.2, -0.15) is 0 Å². The highest BCUT2D eigenvalue weighted by Gasteiger charge is 2.47. The van der Waals surface area contributed by atoms with Crippen LogP contribution in [0.4, 0.5) is 5.69 Å². The fourth-order valence-corrected chi connectivity index (χ4v) is 4.90. The van der Waals surface area contributed by atoms with Crippen molar-refractivity contribution < 1.29 is 28.5 Å². The van der Waals surface area contributed by atoms with Gasteiger partial charge >= 0.3 is 11.9 Å². The predicted molar refractivity (Wildman–Crippen MR) is 156 cm³/mol. The molecule has 1 saturated heterocycles. The minimum atomic E-state index is -0.995. The fourth-order valence-electron chi connectivity index (χ4n) is 4.73. The molecule has 5 atom stereocenters. The van der Waals surface area contributed by atoms with Crippen molar-refractivity contribution in [2.24, 2.45) is 5.92 Å². The molecule has 5 rings (SSSR count). The van der Waals surface area contributed by atoms with Gasteiger partial charge in [-0.05, 0) is 55.5 Å². The van der Waals surface area contributed by atoms with Crippen LogP contribution in [0.5, 0.6) is 0 Å². The number of benzene rings is 3. The number of carbonyl (C=O) groups excluding carboxylic acids is 2. The predicted octanol–water partition coefficient (Wildman–Crippen LogP) is 6.15. The number of carbonyl (C=O) groups is 2. The summed E-state index contributed by atoms with van der Waals surface area (Å²) in [6.45, 7) is 4.43. The number of esters is 2. The number of hydrogen-bond donors (Lipinski definition) is 1. The number of ether oxygens (including phenoxy) is 4. The molecule has 1 unspecified atom stereocenters. The van der Waals surface area contributed by atoms with Crippen molar-refractivity contribution in [3.63, 3.8) is 0 Å². The van der Waals surface area contributed by atoms with E-state index in [1.807, 2.05) is 44.2 Å². The van der Waals surface area contributed by atoms with Crippen molar-refractivity contribution in [3.05, 3.63) is 107 Å². The number of fused-ring (bicyclic) bond motifs is 1. The molecule has 0 bridgehead atoms. The Morgan fingerprint density at radius 2 is 1.51 bits per heavy atom. The monoisotopic (exact) mass is 574 g/mol. The molecule has 0 spiro atoms. The Morgan fingerprint density at radius 3 is 2.17 bits per heavy atom. The van der Waals surface area contributed by atoms with Gasteiger partial charge in [0.2, 0.25) is 0 Å². The van der Waals surface area contributed by atoms with E-state index in [0.29, 0.717) is 22.7 Å². The van der Waals surface area contributed by atoms with Crippen LogP contribution in [0.3, 0.4) is 0 Å². The van der Waals surface area contributed by atoms with Crippen molar-refractivity contribution in [2.45, 2.75) is 38.4 Å². The summed E-state index contributed by atoms with van der Waals surface area (Å²) in [5.74, 6) is -1.35. The second kappa shape index (κ2) is 13.1. The summed E-state index contributed by atoms with van der Waals surface area (Å²) in [5.41, 5.74) is 2.43. The van der Waals surface area contributed by atoms with Crippen molar-refractivity contribution in [1.29, 1.82) is 0 Å². The molecular formula is C32H31ClN2O6. The van der Waals surface area contributed by atoms with E-state index in [2.05, 4.69) is 10.3 Å². The molecule has 3 aromatic carbocycles. The first-order valence-electron chi connectivity index (χ1n) is 13.5. The molecule has 1 fully saturated rings. The van der Waals surface area contributed by atoms with Crippen LogP contribution in [0.15, 0.2) is 91.1 Å². The topological polar surface area (TPSA) is 96.0 Å². The Morgan fingerprint density at radius 1 is 0.878 bits per heavy atom. The lowest BCUT2D eigenvalue weighted by Gasteiger charge is -2.43. The summed E-state index contributed by atoms with van der Waals surface area (Å²) in [6, 6.07) is 24.7. The van der Waals surface area contributed by atoms with Gasteiger partial charge in [0.25, 0.3) is 0 Å². The number of rotatable bonds is 9. The van der Waals surface area contributed by atoms with E-state index in [1.165, 1.54) is 0 Å². The molecule has 1 N–H and O–H groups in total. The van der Waals surface area contributed by atoms with Crippen LogP contribution in [0.1, 0.15) is 34.6 Å². The molecule has 0 saturated carbocycles. The number of hydrogen-bond acceptors (Lipinski definition) is 8. The molecule has 41 heavy (non-hydrogen) atoms. The molecule has 8 nitrogen and oxygen atoms in total. The van der Waals surface area contributed by atoms with E-state index >= 15 is 0 Å². The van der Waals surface area contributed by atoms with Crippen LogP contribution in [-0.4, -0.2) is 54.7 Å². The van der Waals surface area contributed by atoms with Gasteiger partial charge in [-0.25, -0.2) is 9.59 Å². The van der Waals surface area contributed by atoms with E-state index in [0.717, 1.165) is 16.6 Å². The van der Waals surface area contributed by atoms with Crippen LogP contribution in [-0.2, 0) is 18.9 Å². The molecule has 1 aliphatic heterocycles. The van der Waals surface area contributed by atoms with Crippen molar-refractivity contribution in [2.75, 3.05) is 18.5 Å². The van der Waals surface area contributed by atoms with Gasteiger partial charge < -0.3 is 24.3 Å². The van der Waals surface area contributed by atoms with E-state index in [1.54, 1.807) is 60.8 Å². The molecule has 9 heteroatoms. The maximum absolute atomic E-state index is 13.1. The third-order valence-electron chi connectivity index (χ3n) is 7.11. The summed E-state index contributed by atoms with van der Waals surface area (Å²) in [5, 5.41) is 4.90. The number of halogens is 1. The summed E-state index contributed by atoms with van der Waals surface area (Å²) >= 11 is 6.11. The van der Waals surface area contributed by atoms with Gasteiger partial charge in [-0.3, -0.25) is 4.98 Å². The molecule has 212 valence electrons. The Bertz CT molecular complexity index is 1490. The zero-order valence-electron chi connectivity index (χ0n) is 22.7. The normalized spacial score (nSPS) is 22.2. The van der Waals surface area contributed by atoms with Gasteiger partial charge in [0.05, 0.1) is 29.4 Å². The summed E-state index contributed by atoms with van der Waals surface area (Å²) in [4.78, 5) is 30.5. The van der Waals surface area contributed by atoms with Gasteiger partial charge in [-0.15, -0.1) is 0 Å². The summed E-state index contributed by atoms with van der Waals surface area (Å²) in [6.07, 6.45) is -1.38. The zero-order chi connectivity index (χ0) is 28.8. The molecular weight excluding hydrogens is 544 g/mol. The lowest BCUT2D eigenvalue weighted by atomic mass is 9.91. The standard InChI is InChI=1S/C32H31ClN2O6/c1-20-21(2)39-32(38-18-17-35-26-15-16-34-27-19-24(33)13-14-25(26)27)29(41-31(37)23-11-7-4-8-12-23)28(20)40-30(36)22-9-5-3-6-10-22/h3-16,19-21,28-29,32H,17-18H2,1-2H3,(H,34,35)/t20-,21+,28-,29+,32?/m1/s1. The Hall–Kier alpha value is -3.98. The van der Waals surface area contributed by atoms with E-state index in [-0.39, 0.29) is 18.6 Å². The first-order valence-corrected chi connectivity index (χ1v) is 13.9. The minimum absolute atomic E-state index is 0.224. The average Bonchev–Trinajstić information content (AvgIpc) is 3.00. The Balaban J connectivity index is 1.32.